The molecule has 0 saturated carbocycles. The van der Waals surface area contributed by atoms with Gasteiger partial charge in [-0.1, -0.05) is 28.6 Å². The first-order chi connectivity index (χ1) is 15.1. The summed E-state index contributed by atoms with van der Waals surface area (Å²) >= 11 is 0. The minimum Gasteiger partial charge on any atom is -0.345 e. The number of hydrogen-bond donors (Lipinski definition) is 1. The molecule has 0 radical (unpaired) electrons. The Kier molecular flexibility index (Phi) is 4.81. The number of nitrogens with one attached hydrogen (secondary N) is 1. The van der Waals surface area contributed by atoms with Crippen molar-refractivity contribution in [2.75, 3.05) is 0 Å². The highest BCUT2D eigenvalue weighted by molar-refractivity contribution is 5.93. The molecule has 0 aliphatic heterocycles. The average Bonchev–Trinajstić information content (AvgIpc) is 3.54. The summed E-state index contributed by atoms with van der Waals surface area (Å²) in [6.45, 7) is 4.15. The van der Waals surface area contributed by atoms with E-state index in [9.17, 15) is 4.79 Å². The number of fused-ring (bicyclic) bond motifs is 1. The van der Waals surface area contributed by atoms with Gasteiger partial charge < -0.3 is 9.84 Å². The number of carbonyl (C=O) groups excluding carboxylic acids is 1. The van der Waals surface area contributed by atoms with Gasteiger partial charge in [0, 0.05) is 12.6 Å². The number of nitrogens with zero attached hydrogens (tertiary/aromatic N) is 7. The lowest BCUT2D eigenvalue weighted by Crippen LogP contribution is -2.25. The summed E-state index contributed by atoms with van der Waals surface area (Å²) in [5.74, 6) is 0.682. The van der Waals surface area contributed by atoms with Gasteiger partial charge >= 0.3 is 0 Å². The predicted molar refractivity (Wildman–Crippen MR) is 110 cm³/mol. The van der Waals surface area contributed by atoms with E-state index in [2.05, 4.69) is 25.8 Å². The van der Waals surface area contributed by atoms with Gasteiger partial charge in [0.05, 0.1) is 23.6 Å². The molecule has 1 aliphatic rings. The number of para-hydroxylation sites is 1. The molecule has 31 heavy (non-hydrogen) atoms. The fraction of sp³-hybridized carbons (Fsp3) is 0.333. The van der Waals surface area contributed by atoms with Crippen LogP contribution in [0.3, 0.4) is 0 Å². The van der Waals surface area contributed by atoms with E-state index in [1.807, 2.05) is 35.0 Å². The van der Waals surface area contributed by atoms with Crippen LogP contribution in [0.5, 0.6) is 0 Å². The summed E-state index contributed by atoms with van der Waals surface area (Å²) in [7, 11) is 0. The van der Waals surface area contributed by atoms with Crippen molar-refractivity contribution in [1.82, 2.24) is 40.2 Å². The Morgan fingerprint density at radius 1 is 1.19 bits per heavy atom. The Balaban J connectivity index is 1.31. The van der Waals surface area contributed by atoms with Crippen LogP contribution in [0, 0.1) is 13.8 Å². The molecule has 0 saturated heterocycles. The second kappa shape index (κ2) is 7.78. The Morgan fingerprint density at radius 2 is 2.03 bits per heavy atom. The number of hydrogen-bond acceptors (Lipinski definition) is 7. The number of carbonyl (C=O) groups is 1. The average molecular weight is 418 g/mol. The molecular formula is C21H22N8O2. The molecule has 0 fully saturated rings. The van der Waals surface area contributed by atoms with Gasteiger partial charge in [-0.15, -0.1) is 5.10 Å². The van der Waals surface area contributed by atoms with Crippen LogP contribution in [-0.4, -0.2) is 40.8 Å². The van der Waals surface area contributed by atoms with Crippen molar-refractivity contribution in [2.45, 2.75) is 46.2 Å². The minimum absolute atomic E-state index is 0.277. The van der Waals surface area contributed by atoms with E-state index in [1.54, 1.807) is 18.5 Å². The van der Waals surface area contributed by atoms with Gasteiger partial charge in [0.1, 0.15) is 6.54 Å². The van der Waals surface area contributed by atoms with E-state index in [0.717, 1.165) is 30.6 Å². The van der Waals surface area contributed by atoms with Crippen LogP contribution in [0.15, 0.2) is 34.9 Å². The van der Waals surface area contributed by atoms with Crippen LogP contribution in [0.1, 0.15) is 51.3 Å². The van der Waals surface area contributed by atoms with Gasteiger partial charge in [-0.3, -0.25) is 4.79 Å². The Labute approximate surface area is 178 Å². The van der Waals surface area contributed by atoms with Gasteiger partial charge in [0.2, 0.25) is 5.89 Å². The first-order valence-electron chi connectivity index (χ1n) is 10.2. The molecule has 3 aromatic heterocycles. The van der Waals surface area contributed by atoms with Crippen LogP contribution < -0.4 is 5.32 Å². The number of benzene rings is 1. The molecule has 4 aromatic rings. The number of amides is 1. The summed E-state index contributed by atoms with van der Waals surface area (Å²) < 4.78 is 8.56. The van der Waals surface area contributed by atoms with Crippen molar-refractivity contribution in [3.63, 3.8) is 0 Å². The van der Waals surface area contributed by atoms with Crippen LogP contribution in [0.4, 0.5) is 0 Å². The Hall–Kier alpha value is -3.82. The largest absolute Gasteiger partial charge is 0.345 e. The summed E-state index contributed by atoms with van der Waals surface area (Å²) in [4.78, 5) is 16.9. The molecular weight excluding hydrogens is 396 g/mol. The van der Waals surface area contributed by atoms with Crippen LogP contribution in [0.25, 0.3) is 5.69 Å². The van der Waals surface area contributed by atoms with Gasteiger partial charge in [-0.2, -0.15) is 10.1 Å². The zero-order chi connectivity index (χ0) is 21.4. The molecule has 10 nitrogen and oxygen atoms in total. The van der Waals surface area contributed by atoms with Crippen molar-refractivity contribution >= 4 is 5.91 Å². The van der Waals surface area contributed by atoms with Gasteiger partial charge in [0.25, 0.3) is 5.91 Å². The zero-order valence-electron chi connectivity index (χ0n) is 17.4. The molecule has 1 N–H and O–H groups in total. The Morgan fingerprint density at radius 3 is 2.81 bits per heavy atom. The molecule has 1 aliphatic carbocycles. The molecule has 5 rings (SSSR count). The van der Waals surface area contributed by atoms with Crippen molar-refractivity contribution in [3.8, 4) is 5.69 Å². The maximum Gasteiger partial charge on any atom is 0.274 e. The van der Waals surface area contributed by atoms with Gasteiger partial charge in [-0.25, -0.2) is 9.36 Å². The normalized spacial score (nSPS) is 12.8. The third-order valence-corrected chi connectivity index (χ3v) is 5.49. The fourth-order valence-corrected chi connectivity index (χ4v) is 3.95. The molecule has 1 amide bonds. The fourth-order valence-electron chi connectivity index (χ4n) is 3.95. The third kappa shape index (κ3) is 3.60. The molecule has 0 atom stereocenters. The molecule has 10 heteroatoms. The summed E-state index contributed by atoms with van der Waals surface area (Å²) in [6, 6.07) is 10.1. The highest BCUT2D eigenvalue weighted by Crippen LogP contribution is 2.27. The number of rotatable bonds is 6. The Bertz CT molecular complexity index is 1240. The maximum absolute atomic E-state index is 12.8. The standard InChI is InChI=1S/C21H22N8O2/c1-13-20(24-27-28(13)12-19-23-14(2)31-26-19)21(30)22-11-17-16-9-6-10-18(16)29(25-17)15-7-4-3-5-8-15/h3-5,7-8H,6,9-12H2,1-2H3,(H,22,30). The minimum atomic E-state index is -0.283. The SMILES string of the molecule is Cc1nc(Cn2nnc(C(=O)NCc3nn(-c4ccccc4)c4c3CCC4)c2C)no1. The molecule has 158 valence electrons. The van der Waals surface area contributed by atoms with E-state index in [4.69, 9.17) is 9.62 Å². The predicted octanol–water partition coefficient (Wildman–Crippen LogP) is 1.93. The lowest BCUT2D eigenvalue weighted by atomic mass is 10.2. The number of aryl methyl sites for hydroxylation is 1. The van der Waals surface area contributed by atoms with Crippen molar-refractivity contribution in [2.24, 2.45) is 0 Å². The van der Waals surface area contributed by atoms with Crippen LogP contribution in [0.2, 0.25) is 0 Å². The first-order valence-corrected chi connectivity index (χ1v) is 10.2. The van der Waals surface area contributed by atoms with Crippen molar-refractivity contribution < 1.29 is 9.32 Å². The quantitative estimate of drug-likeness (QED) is 0.508. The zero-order valence-corrected chi connectivity index (χ0v) is 17.4. The topological polar surface area (TPSA) is 117 Å². The van der Waals surface area contributed by atoms with E-state index >= 15 is 0 Å². The molecule has 1 aromatic carbocycles. The lowest BCUT2D eigenvalue weighted by Gasteiger charge is -2.05. The van der Waals surface area contributed by atoms with E-state index in [1.165, 1.54) is 11.3 Å². The smallest absolute Gasteiger partial charge is 0.274 e. The van der Waals surface area contributed by atoms with Gasteiger partial charge in [0.15, 0.2) is 11.5 Å². The monoisotopic (exact) mass is 418 g/mol. The summed E-state index contributed by atoms with van der Waals surface area (Å²) in [6.07, 6.45) is 3.07. The van der Waals surface area contributed by atoms with Crippen LogP contribution >= 0.6 is 0 Å². The lowest BCUT2D eigenvalue weighted by molar-refractivity contribution is 0.0944. The molecule has 3 heterocycles. The maximum atomic E-state index is 12.8. The molecule has 0 unspecified atom stereocenters. The highest BCUT2D eigenvalue weighted by atomic mass is 16.5. The van der Waals surface area contributed by atoms with Crippen LogP contribution in [-0.2, 0) is 25.9 Å². The third-order valence-electron chi connectivity index (χ3n) is 5.49. The molecule has 0 bridgehead atoms. The van der Waals surface area contributed by atoms with Crippen molar-refractivity contribution in [1.29, 1.82) is 0 Å². The number of aromatic nitrogens is 7. The first kappa shape index (κ1) is 19.2. The second-order valence-electron chi connectivity index (χ2n) is 7.57. The van der Waals surface area contributed by atoms with E-state index in [0.29, 0.717) is 30.5 Å². The van der Waals surface area contributed by atoms with E-state index < -0.39 is 0 Å². The highest BCUT2D eigenvalue weighted by Gasteiger charge is 2.24. The summed E-state index contributed by atoms with van der Waals surface area (Å²) in [5.41, 5.74) is 5.31. The second-order valence-corrected chi connectivity index (χ2v) is 7.57. The van der Waals surface area contributed by atoms with E-state index in [-0.39, 0.29) is 11.6 Å². The van der Waals surface area contributed by atoms with Gasteiger partial charge in [-0.05, 0) is 43.9 Å². The summed E-state index contributed by atoms with van der Waals surface area (Å²) in [5, 5.41) is 19.7. The molecule has 0 spiro atoms. The van der Waals surface area contributed by atoms with Crippen molar-refractivity contribution in [3.05, 3.63) is 70.4 Å².